The quantitative estimate of drug-likeness (QED) is 0.465. The number of para-hydroxylation sites is 1. The summed E-state index contributed by atoms with van der Waals surface area (Å²) in [6, 6.07) is 12.5. The van der Waals surface area contributed by atoms with E-state index in [0.717, 1.165) is 24.0 Å². The van der Waals surface area contributed by atoms with E-state index in [2.05, 4.69) is 0 Å². The van der Waals surface area contributed by atoms with Gasteiger partial charge in [0.1, 0.15) is 12.4 Å². The number of hydrogen-bond acceptors (Lipinski definition) is 5. The minimum absolute atomic E-state index is 0.0359. The number of benzene rings is 2. The van der Waals surface area contributed by atoms with Crippen LogP contribution in [-0.4, -0.2) is 43.1 Å². The van der Waals surface area contributed by atoms with Gasteiger partial charge in [0.05, 0.1) is 35.4 Å². The number of methoxy groups -OCH3 is 1. The standard InChI is InChI=1S/C26H27Cl2NO5/c1-16-25(26(31)34-15-18-6-3-4-8-23(18)32-2)20(17-9-10-21(27)22(28)12-17)13-24(30)29(16)14-19-7-5-11-33-19/h3-4,6,8-10,12,19-20H,5,7,11,13-15H2,1-2H3/t19-,20?/m1/s1. The molecule has 0 radical (unpaired) electrons. The molecule has 2 heterocycles. The maximum atomic E-state index is 13.5. The molecule has 4 rings (SSSR count). The van der Waals surface area contributed by atoms with Gasteiger partial charge in [0, 0.05) is 30.2 Å². The molecule has 2 atom stereocenters. The van der Waals surface area contributed by atoms with Crippen LogP contribution in [0.4, 0.5) is 0 Å². The molecule has 0 saturated carbocycles. The van der Waals surface area contributed by atoms with Crippen molar-refractivity contribution in [3.05, 3.63) is 74.9 Å². The predicted molar refractivity (Wildman–Crippen MR) is 130 cm³/mol. The molecule has 0 N–H and O–H groups in total. The van der Waals surface area contributed by atoms with Gasteiger partial charge in [0.25, 0.3) is 0 Å². The first-order valence-corrected chi connectivity index (χ1v) is 12.0. The second-order valence-corrected chi connectivity index (χ2v) is 9.27. The Bertz CT molecular complexity index is 1110. The molecule has 1 amide bonds. The fourth-order valence-electron chi connectivity index (χ4n) is 4.55. The number of hydrogen-bond donors (Lipinski definition) is 0. The summed E-state index contributed by atoms with van der Waals surface area (Å²) in [5.74, 6) is -0.399. The molecule has 1 saturated heterocycles. The number of allylic oxidation sites excluding steroid dienone is 1. The number of amides is 1. The summed E-state index contributed by atoms with van der Waals surface area (Å²) in [6.45, 7) is 2.95. The molecule has 0 spiro atoms. The first-order valence-electron chi connectivity index (χ1n) is 11.3. The van der Waals surface area contributed by atoms with Crippen LogP contribution in [0.15, 0.2) is 53.7 Å². The van der Waals surface area contributed by atoms with Crippen LogP contribution in [0.3, 0.4) is 0 Å². The fraction of sp³-hybridized carbons (Fsp3) is 0.385. The van der Waals surface area contributed by atoms with Gasteiger partial charge in [0.15, 0.2) is 0 Å². The third kappa shape index (κ3) is 5.24. The van der Waals surface area contributed by atoms with Gasteiger partial charge in [-0.3, -0.25) is 4.79 Å². The van der Waals surface area contributed by atoms with Gasteiger partial charge in [0.2, 0.25) is 5.91 Å². The van der Waals surface area contributed by atoms with E-state index in [9.17, 15) is 9.59 Å². The average molecular weight is 504 g/mol. The van der Waals surface area contributed by atoms with Crippen LogP contribution in [0.1, 0.15) is 43.2 Å². The Labute approximate surface area is 209 Å². The third-order valence-corrected chi connectivity index (χ3v) is 7.09. The van der Waals surface area contributed by atoms with Crippen molar-refractivity contribution in [1.82, 2.24) is 4.90 Å². The molecule has 6 nitrogen and oxygen atoms in total. The van der Waals surface area contributed by atoms with Crippen LogP contribution in [0.5, 0.6) is 5.75 Å². The van der Waals surface area contributed by atoms with Crippen LogP contribution in [0.2, 0.25) is 10.0 Å². The van der Waals surface area contributed by atoms with Gasteiger partial charge in [-0.2, -0.15) is 0 Å². The molecule has 2 aromatic carbocycles. The normalized spacial score (nSPS) is 20.6. The van der Waals surface area contributed by atoms with Crippen LogP contribution in [-0.2, 0) is 25.7 Å². The Morgan fingerprint density at radius 3 is 2.68 bits per heavy atom. The Kier molecular flexibility index (Phi) is 7.81. The van der Waals surface area contributed by atoms with Crippen LogP contribution < -0.4 is 4.74 Å². The zero-order valence-corrected chi connectivity index (χ0v) is 20.7. The summed E-state index contributed by atoms with van der Waals surface area (Å²) in [7, 11) is 1.57. The molecule has 2 aromatic rings. The first-order chi connectivity index (χ1) is 16.4. The van der Waals surface area contributed by atoms with Gasteiger partial charge in [-0.25, -0.2) is 4.79 Å². The number of nitrogens with zero attached hydrogens (tertiary/aromatic N) is 1. The number of carbonyl (C=O) groups excluding carboxylic acids is 2. The average Bonchev–Trinajstić information content (AvgIpc) is 3.35. The molecule has 2 aliphatic heterocycles. The predicted octanol–water partition coefficient (Wildman–Crippen LogP) is 5.51. The number of ether oxygens (including phenoxy) is 3. The van der Waals surface area contributed by atoms with E-state index in [1.807, 2.05) is 24.3 Å². The summed E-state index contributed by atoms with van der Waals surface area (Å²) >= 11 is 12.4. The maximum absolute atomic E-state index is 13.5. The molecule has 1 fully saturated rings. The van der Waals surface area contributed by atoms with Crippen molar-refractivity contribution in [3.8, 4) is 5.75 Å². The Balaban J connectivity index is 1.66. The second kappa shape index (κ2) is 10.8. The monoisotopic (exact) mass is 503 g/mol. The van der Waals surface area contributed by atoms with Crippen LogP contribution >= 0.6 is 23.2 Å². The molecule has 0 aliphatic carbocycles. The van der Waals surface area contributed by atoms with Gasteiger partial charge >= 0.3 is 5.97 Å². The number of esters is 1. The van der Waals surface area contributed by atoms with Gasteiger partial charge in [-0.1, -0.05) is 47.5 Å². The molecule has 2 aliphatic rings. The minimum Gasteiger partial charge on any atom is -0.496 e. The zero-order valence-electron chi connectivity index (χ0n) is 19.2. The molecular formula is C26H27Cl2NO5. The highest BCUT2D eigenvalue weighted by atomic mass is 35.5. The van der Waals surface area contributed by atoms with Crippen molar-refractivity contribution in [2.24, 2.45) is 0 Å². The van der Waals surface area contributed by atoms with Gasteiger partial charge in [-0.15, -0.1) is 0 Å². The topological polar surface area (TPSA) is 65.1 Å². The highest BCUT2D eigenvalue weighted by Crippen LogP contribution is 2.39. The Morgan fingerprint density at radius 2 is 1.97 bits per heavy atom. The highest BCUT2D eigenvalue weighted by Gasteiger charge is 2.38. The largest absolute Gasteiger partial charge is 0.496 e. The summed E-state index contributed by atoms with van der Waals surface area (Å²) < 4.78 is 16.8. The smallest absolute Gasteiger partial charge is 0.336 e. The van der Waals surface area contributed by atoms with Crippen molar-refractivity contribution in [3.63, 3.8) is 0 Å². The van der Waals surface area contributed by atoms with E-state index in [0.29, 0.717) is 40.2 Å². The summed E-state index contributed by atoms with van der Waals surface area (Å²) in [5, 5.41) is 0.779. The van der Waals surface area contributed by atoms with E-state index in [4.69, 9.17) is 37.4 Å². The lowest BCUT2D eigenvalue weighted by molar-refractivity contribution is -0.141. The Hall–Kier alpha value is -2.54. The second-order valence-electron chi connectivity index (χ2n) is 8.46. The first kappa shape index (κ1) is 24.6. The lowest BCUT2D eigenvalue weighted by atomic mass is 9.83. The molecule has 0 bridgehead atoms. The summed E-state index contributed by atoms with van der Waals surface area (Å²) in [4.78, 5) is 28.3. The Morgan fingerprint density at radius 1 is 1.18 bits per heavy atom. The molecular weight excluding hydrogens is 477 g/mol. The number of carbonyl (C=O) groups is 2. The molecule has 8 heteroatoms. The highest BCUT2D eigenvalue weighted by molar-refractivity contribution is 6.42. The van der Waals surface area contributed by atoms with Crippen molar-refractivity contribution in [2.75, 3.05) is 20.3 Å². The van der Waals surface area contributed by atoms with Gasteiger partial charge in [-0.05, 0) is 43.5 Å². The van der Waals surface area contributed by atoms with Crippen LogP contribution in [0.25, 0.3) is 0 Å². The van der Waals surface area contributed by atoms with E-state index in [1.165, 1.54) is 0 Å². The van der Waals surface area contributed by atoms with Crippen molar-refractivity contribution >= 4 is 35.1 Å². The number of halogens is 2. The lowest BCUT2D eigenvalue weighted by Crippen LogP contribution is -2.42. The van der Waals surface area contributed by atoms with E-state index in [1.54, 1.807) is 37.1 Å². The SMILES string of the molecule is COc1ccccc1COC(=O)C1=C(C)N(C[C@H]2CCCO2)C(=O)CC1c1ccc(Cl)c(Cl)c1. The zero-order chi connectivity index (χ0) is 24.2. The molecule has 0 aromatic heterocycles. The summed E-state index contributed by atoms with van der Waals surface area (Å²) in [6.07, 6.45) is 1.95. The third-order valence-electron chi connectivity index (χ3n) is 6.35. The number of rotatable bonds is 7. The van der Waals surface area contributed by atoms with Crippen LogP contribution in [0, 0.1) is 0 Å². The fourth-order valence-corrected chi connectivity index (χ4v) is 4.86. The molecule has 34 heavy (non-hydrogen) atoms. The minimum atomic E-state index is -0.492. The van der Waals surface area contributed by atoms with E-state index >= 15 is 0 Å². The summed E-state index contributed by atoms with van der Waals surface area (Å²) in [5.41, 5.74) is 2.51. The van der Waals surface area contributed by atoms with E-state index in [-0.39, 0.29) is 25.0 Å². The lowest BCUT2D eigenvalue weighted by Gasteiger charge is -2.35. The van der Waals surface area contributed by atoms with Crippen molar-refractivity contribution in [1.29, 1.82) is 0 Å². The molecule has 1 unspecified atom stereocenters. The van der Waals surface area contributed by atoms with Gasteiger partial charge < -0.3 is 19.1 Å². The van der Waals surface area contributed by atoms with Crippen molar-refractivity contribution in [2.45, 2.75) is 44.8 Å². The van der Waals surface area contributed by atoms with Crippen molar-refractivity contribution < 1.29 is 23.8 Å². The molecule has 180 valence electrons. The maximum Gasteiger partial charge on any atom is 0.336 e. The van der Waals surface area contributed by atoms with E-state index < -0.39 is 11.9 Å².